The SMILES string of the molecule is C1=CC/C(=C(/CCc2ccccc2)c2ccccc2)C=C1. The Balaban J connectivity index is 1.87. The number of hydrogen-bond donors (Lipinski definition) is 0. The van der Waals surface area contributed by atoms with Crippen molar-refractivity contribution in [3.63, 3.8) is 0 Å². The van der Waals surface area contributed by atoms with E-state index in [2.05, 4.69) is 85.0 Å². The molecule has 0 nitrogen and oxygen atoms in total. The summed E-state index contributed by atoms with van der Waals surface area (Å²) in [5.41, 5.74) is 5.67. The summed E-state index contributed by atoms with van der Waals surface area (Å²) in [5, 5.41) is 0. The smallest absolute Gasteiger partial charge is 0.00914 e. The van der Waals surface area contributed by atoms with Gasteiger partial charge < -0.3 is 0 Å². The van der Waals surface area contributed by atoms with Crippen molar-refractivity contribution in [2.75, 3.05) is 0 Å². The quantitative estimate of drug-likeness (QED) is 0.680. The number of rotatable bonds is 4. The van der Waals surface area contributed by atoms with Crippen molar-refractivity contribution in [2.45, 2.75) is 19.3 Å². The monoisotopic (exact) mass is 272 g/mol. The largest absolute Gasteiger partial charge is 0.0801 e. The molecule has 0 heteroatoms. The van der Waals surface area contributed by atoms with E-state index in [1.807, 2.05) is 0 Å². The van der Waals surface area contributed by atoms with Gasteiger partial charge in [-0.1, -0.05) is 85.0 Å². The standard InChI is InChI=1S/C21H20/c1-4-10-18(11-5-1)16-17-21(19-12-6-2-7-13-19)20-14-8-3-9-15-20/h1-14H,15-17H2/b21-20-. The summed E-state index contributed by atoms with van der Waals surface area (Å²) in [7, 11) is 0. The number of allylic oxidation sites excluding steroid dienone is 6. The van der Waals surface area contributed by atoms with Gasteiger partial charge in [0.2, 0.25) is 0 Å². The van der Waals surface area contributed by atoms with Gasteiger partial charge in [-0.2, -0.15) is 0 Å². The van der Waals surface area contributed by atoms with Crippen molar-refractivity contribution in [3.05, 3.63) is 102 Å². The van der Waals surface area contributed by atoms with Gasteiger partial charge in [0, 0.05) is 0 Å². The van der Waals surface area contributed by atoms with E-state index in [1.54, 1.807) is 0 Å². The minimum Gasteiger partial charge on any atom is -0.0801 e. The maximum atomic E-state index is 2.26. The fourth-order valence-electron chi connectivity index (χ4n) is 2.78. The highest BCUT2D eigenvalue weighted by Crippen LogP contribution is 2.28. The van der Waals surface area contributed by atoms with Crippen LogP contribution in [0.4, 0.5) is 0 Å². The van der Waals surface area contributed by atoms with Gasteiger partial charge in [-0.15, -0.1) is 0 Å². The van der Waals surface area contributed by atoms with E-state index in [4.69, 9.17) is 0 Å². The first-order chi connectivity index (χ1) is 10.4. The van der Waals surface area contributed by atoms with Crippen molar-refractivity contribution < 1.29 is 0 Å². The average Bonchev–Trinajstić information content (AvgIpc) is 2.58. The lowest BCUT2D eigenvalue weighted by Crippen LogP contribution is -1.95. The lowest BCUT2D eigenvalue weighted by Gasteiger charge is -2.14. The zero-order valence-electron chi connectivity index (χ0n) is 12.2. The molecule has 1 aliphatic rings. The van der Waals surface area contributed by atoms with Crippen molar-refractivity contribution in [3.8, 4) is 0 Å². The molecule has 2 aromatic carbocycles. The van der Waals surface area contributed by atoms with E-state index < -0.39 is 0 Å². The zero-order chi connectivity index (χ0) is 14.3. The second-order valence-electron chi connectivity index (χ2n) is 5.35. The third-order valence-corrected chi connectivity index (χ3v) is 3.90. The van der Waals surface area contributed by atoms with Crippen LogP contribution >= 0.6 is 0 Å². The number of hydrogen-bond acceptors (Lipinski definition) is 0. The van der Waals surface area contributed by atoms with Gasteiger partial charge in [-0.3, -0.25) is 0 Å². The minimum atomic E-state index is 1.04. The Morgan fingerprint density at radius 3 is 2.19 bits per heavy atom. The molecule has 3 rings (SSSR count). The van der Waals surface area contributed by atoms with Crippen molar-refractivity contribution in [1.82, 2.24) is 0 Å². The predicted molar refractivity (Wildman–Crippen MR) is 91.0 cm³/mol. The molecule has 0 unspecified atom stereocenters. The number of aryl methyl sites for hydroxylation is 1. The first kappa shape index (κ1) is 13.6. The second-order valence-corrected chi connectivity index (χ2v) is 5.35. The molecule has 0 fully saturated rings. The Labute approximate surface area is 127 Å². The first-order valence-corrected chi connectivity index (χ1v) is 7.58. The maximum absolute atomic E-state index is 2.26. The molecular formula is C21H20. The summed E-state index contributed by atoms with van der Waals surface area (Å²) in [6, 6.07) is 21.5. The molecule has 0 aliphatic heterocycles. The van der Waals surface area contributed by atoms with Crippen LogP contribution in [0.25, 0.3) is 5.57 Å². The van der Waals surface area contributed by atoms with Crippen LogP contribution in [-0.4, -0.2) is 0 Å². The normalized spacial score (nSPS) is 16.0. The van der Waals surface area contributed by atoms with Gasteiger partial charge >= 0.3 is 0 Å². The Bertz CT molecular complexity index is 658. The van der Waals surface area contributed by atoms with E-state index in [-0.39, 0.29) is 0 Å². The fraction of sp³-hybridized carbons (Fsp3) is 0.143. The van der Waals surface area contributed by atoms with Crippen LogP contribution in [0.3, 0.4) is 0 Å². The summed E-state index contributed by atoms with van der Waals surface area (Å²) in [5.74, 6) is 0. The molecular weight excluding hydrogens is 252 g/mol. The van der Waals surface area contributed by atoms with Crippen LogP contribution in [0, 0.1) is 0 Å². The fourth-order valence-corrected chi connectivity index (χ4v) is 2.78. The molecule has 104 valence electrons. The highest BCUT2D eigenvalue weighted by Gasteiger charge is 2.08. The average molecular weight is 272 g/mol. The van der Waals surface area contributed by atoms with Crippen LogP contribution in [0.15, 0.2) is 90.5 Å². The van der Waals surface area contributed by atoms with E-state index in [1.165, 1.54) is 22.3 Å². The lowest BCUT2D eigenvalue weighted by atomic mass is 9.91. The van der Waals surface area contributed by atoms with Crippen LogP contribution < -0.4 is 0 Å². The predicted octanol–water partition coefficient (Wildman–Crippen LogP) is 5.59. The van der Waals surface area contributed by atoms with Crippen molar-refractivity contribution in [2.24, 2.45) is 0 Å². The molecule has 0 N–H and O–H groups in total. The second kappa shape index (κ2) is 6.90. The summed E-state index contributed by atoms with van der Waals surface area (Å²) in [4.78, 5) is 0. The Kier molecular flexibility index (Phi) is 4.48. The maximum Gasteiger partial charge on any atom is -0.00914 e. The van der Waals surface area contributed by atoms with Crippen LogP contribution in [-0.2, 0) is 6.42 Å². The van der Waals surface area contributed by atoms with Crippen LogP contribution in [0.1, 0.15) is 24.0 Å². The number of benzene rings is 2. The molecule has 0 atom stereocenters. The Morgan fingerprint density at radius 2 is 1.52 bits per heavy atom. The first-order valence-electron chi connectivity index (χ1n) is 7.58. The molecule has 0 spiro atoms. The van der Waals surface area contributed by atoms with Crippen molar-refractivity contribution in [1.29, 1.82) is 0 Å². The summed E-state index contributed by atoms with van der Waals surface area (Å²) in [6.07, 6.45) is 12.0. The van der Waals surface area contributed by atoms with E-state index in [0.29, 0.717) is 0 Å². The van der Waals surface area contributed by atoms with Gasteiger partial charge in [-0.25, -0.2) is 0 Å². The molecule has 0 radical (unpaired) electrons. The molecule has 0 saturated heterocycles. The zero-order valence-corrected chi connectivity index (χ0v) is 12.2. The molecule has 0 saturated carbocycles. The Hall–Kier alpha value is -2.34. The summed E-state index contributed by atoms with van der Waals surface area (Å²) >= 11 is 0. The Morgan fingerprint density at radius 1 is 0.810 bits per heavy atom. The molecule has 0 bridgehead atoms. The van der Waals surface area contributed by atoms with Crippen molar-refractivity contribution >= 4 is 5.57 Å². The lowest BCUT2D eigenvalue weighted by molar-refractivity contribution is 1.00. The highest BCUT2D eigenvalue weighted by molar-refractivity contribution is 5.72. The third-order valence-electron chi connectivity index (χ3n) is 3.90. The summed E-state index contributed by atoms with van der Waals surface area (Å²) in [6.45, 7) is 0. The summed E-state index contributed by atoms with van der Waals surface area (Å²) < 4.78 is 0. The van der Waals surface area contributed by atoms with Crippen LogP contribution in [0.2, 0.25) is 0 Å². The van der Waals surface area contributed by atoms with Gasteiger partial charge in [0.05, 0.1) is 0 Å². The van der Waals surface area contributed by atoms with E-state index in [9.17, 15) is 0 Å². The molecule has 0 aromatic heterocycles. The highest BCUT2D eigenvalue weighted by atomic mass is 14.1. The van der Waals surface area contributed by atoms with Gasteiger partial charge in [0.1, 0.15) is 0 Å². The third kappa shape index (κ3) is 3.61. The molecule has 0 amide bonds. The van der Waals surface area contributed by atoms with E-state index in [0.717, 1.165) is 19.3 Å². The molecule has 0 heterocycles. The van der Waals surface area contributed by atoms with Crippen LogP contribution in [0.5, 0.6) is 0 Å². The molecule has 21 heavy (non-hydrogen) atoms. The van der Waals surface area contributed by atoms with Gasteiger partial charge in [-0.05, 0) is 41.5 Å². The molecule has 1 aliphatic carbocycles. The van der Waals surface area contributed by atoms with Gasteiger partial charge in [0.15, 0.2) is 0 Å². The minimum absolute atomic E-state index is 1.04. The topological polar surface area (TPSA) is 0 Å². The molecule has 2 aromatic rings. The van der Waals surface area contributed by atoms with E-state index >= 15 is 0 Å². The van der Waals surface area contributed by atoms with Gasteiger partial charge in [0.25, 0.3) is 0 Å².